The zero-order chi connectivity index (χ0) is 23.6. The molecule has 1 aliphatic rings. The number of nitrogens with one attached hydrogen (secondary N) is 2. The van der Waals surface area contributed by atoms with E-state index in [2.05, 4.69) is 21.0 Å². The molecule has 3 rings (SSSR count). The number of hydrogen-bond donors (Lipinski definition) is 3. The van der Waals surface area contributed by atoms with Gasteiger partial charge in [0.2, 0.25) is 6.29 Å². The number of ether oxygens (including phenoxy) is 2. The zero-order valence-corrected chi connectivity index (χ0v) is 19.1. The summed E-state index contributed by atoms with van der Waals surface area (Å²) in [6.45, 7) is 3.08. The number of anilines is 1. The number of carbonyl (C=O) groups is 1. The molecule has 0 unspecified atom stereocenters. The minimum atomic E-state index is -0.584. The number of nitrogens with zero attached hydrogens (tertiary/aromatic N) is 2. The maximum atomic E-state index is 12.8. The van der Waals surface area contributed by atoms with Crippen molar-refractivity contribution < 1.29 is 24.3 Å². The number of rotatable bonds is 12. The Bertz CT molecular complexity index is 935. The van der Waals surface area contributed by atoms with Gasteiger partial charge >= 0.3 is 0 Å². The smallest absolute Gasteiger partial charge is 0.287 e. The quantitative estimate of drug-likeness (QED) is 0.242. The fourth-order valence-electron chi connectivity index (χ4n) is 3.66. The Morgan fingerprint density at radius 3 is 2.85 bits per heavy atom. The van der Waals surface area contributed by atoms with Gasteiger partial charge in [0.15, 0.2) is 5.76 Å². The lowest BCUT2D eigenvalue weighted by atomic mass is 9.81. The van der Waals surface area contributed by atoms with Gasteiger partial charge in [-0.1, -0.05) is 0 Å². The predicted molar refractivity (Wildman–Crippen MR) is 124 cm³/mol. The van der Waals surface area contributed by atoms with Crippen molar-refractivity contribution in [3.05, 3.63) is 62.7 Å². The molecule has 3 N–H and O–H groups in total. The number of nitro groups is 1. The lowest BCUT2D eigenvalue weighted by molar-refractivity contribution is -0.385. The second-order valence-corrected chi connectivity index (χ2v) is 8.21. The van der Waals surface area contributed by atoms with Crippen LogP contribution < -0.4 is 10.6 Å². The fourth-order valence-corrected chi connectivity index (χ4v) is 4.37. The molecule has 0 saturated heterocycles. The summed E-state index contributed by atoms with van der Waals surface area (Å²) in [5.74, 6) is 0.260. The van der Waals surface area contributed by atoms with Crippen molar-refractivity contribution in [3.63, 3.8) is 0 Å². The van der Waals surface area contributed by atoms with Crippen molar-refractivity contribution in [2.75, 3.05) is 31.6 Å². The van der Waals surface area contributed by atoms with Crippen LogP contribution in [0.4, 0.5) is 11.5 Å². The van der Waals surface area contributed by atoms with E-state index in [1.807, 2.05) is 24.4 Å². The lowest BCUT2D eigenvalue weighted by Crippen LogP contribution is -2.39. The maximum absolute atomic E-state index is 12.8. The van der Waals surface area contributed by atoms with E-state index in [1.165, 1.54) is 18.3 Å². The van der Waals surface area contributed by atoms with Crippen LogP contribution in [0.25, 0.3) is 0 Å². The van der Waals surface area contributed by atoms with E-state index in [0.717, 1.165) is 5.56 Å². The van der Waals surface area contributed by atoms with Gasteiger partial charge in [-0.3, -0.25) is 14.9 Å². The van der Waals surface area contributed by atoms with Gasteiger partial charge in [-0.15, -0.1) is 0 Å². The molecule has 0 spiro atoms. The van der Waals surface area contributed by atoms with Crippen LogP contribution in [0, 0.1) is 16.0 Å². The Kier molecular flexibility index (Phi) is 9.16. The predicted octanol–water partition coefficient (Wildman–Crippen LogP) is 3.03. The average molecular weight is 477 g/mol. The molecular weight excluding hydrogens is 448 g/mol. The number of hydrogen-bond acceptors (Lipinski definition) is 9. The molecular formula is C22H28N4O6S. The molecule has 178 valence electrons. The first-order chi connectivity index (χ1) is 16.0. The van der Waals surface area contributed by atoms with Crippen molar-refractivity contribution in [2.24, 2.45) is 5.92 Å². The molecule has 2 aromatic heterocycles. The van der Waals surface area contributed by atoms with E-state index >= 15 is 0 Å². The highest BCUT2D eigenvalue weighted by molar-refractivity contribution is 7.08. The normalized spacial score (nSPS) is 19.9. The standard InChI is InChI=1S/C22H28N4O6S/c1-2-31-22-17(4-3-10-27)18(15-7-11-33-14-15)12-19(32-22)21(28)24-9-8-23-20-6-5-16(13-25-20)26(29)30/h5-7,11-14,17-18,22,27H,2-4,8-10H2,1H3,(H,23,25)(H,24,28)/t17-,18-,22-/m0/s1. The summed E-state index contributed by atoms with van der Waals surface area (Å²) in [6, 6.07) is 4.90. The monoisotopic (exact) mass is 476 g/mol. The first kappa shape index (κ1) is 24.6. The van der Waals surface area contributed by atoms with E-state index in [0.29, 0.717) is 38.4 Å². The summed E-state index contributed by atoms with van der Waals surface area (Å²) in [4.78, 5) is 27.0. The van der Waals surface area contributed by atoms with E-state index in [1.54, 1.807) is 11.3 Å². The van der Waals surface area contributed by atoms with Crippen LogP contribution in [-0.2, 0) is 14.3 Å². The second kappa shape index (κ2) is 12.3. The molecule has 0 aliphatic carbocycles. The molecule has 0 bridgehead atoms. The van der Waals surface area contributed by atoms with Crippen LogP contribution in [0.1, 0.15) is 31.2 Å². The molecule has 0 fully saturated rings. The van der Waals surface area contributed by atoms with Gasteiger partial charge < -0.3 is 25.2 Å². The van der Waals surface area contributed by atoms with Crippen molar-refractivity contribution in [3.8, 4) is 0 Å². The van der Waals surface area contributed by atoms with Crippen molar-refractivity contribution >= 4 is 28.7 Å². The summed E-state index contributed by atoms with van der Waals surface area (Å²) in [5.41, 5.74) is 1.00. The summed E-state index contributed by atoms with van der Waals surface area (Å²) in [5, 5.41) is 29.9. The average Bonchev–Trinajstić information content (AvgIpc) is 3.36. The number of allylic oxidation sites excluding steroid dienone is 1. The second-order valence-electron chi connectivity index (χ2n) is 7.43. The number of aromatic nitrogens is 1. The minimum Gasteiger partial charge on any atom is -0.459 e. The molecule has 10 nitrogen and oxygen atoms in total. The number of amides is 1. The molecule has 0 radical (unpaired) electrons. The SMILES string of the molecule is CCO[C@H]1OC(C(=O)NCCNc2ccc([N+](=O)[O-])cn2)=C[C@@H](c2ccsc2)[C@@H]1CCCO. The summed E-state index contributed by atoms with van der Waals surface area (Å²) >= 11 is 1.59. The van der Waals surface area contributed by atoms with Gasteiger partial charge in [0.25, 0.3) is 11.6 Å². The number of carbonyl (C=O) groups excluding carboxylic acids is 1. The molecule has 33 heavy (non-hydrogen) atoms. The minimum absolute atomic E-state index is 0.0156. The third-order valence-electron chi connectivity index (χ3n) is 5.24. The summed E-state index contributed by atoms with van der Waals surface area (Å²) < 4.78 is 11.8. The van der Waals surface area contributed by atoms with Crippen LogP contribution in [0.2, 0.25) is 0 Å². The third-order valence-corrected chi connectivity index (χ3v) is 5.94. The summed E-state index contributed by atoms with van der Waals surface area (Å²) in [6.07, 6.45) is 3.75. The first-order valence-corrected chi connectivity index (χ1v) is 11.7. The molecule has 0 saturated carbocycles. The molecule has 3 heterocycles. The Balaban J connectivity index is 1.62. The largest absolute Gasteiger partial charge is 0.459 e. The van der Waals surface area contributed by atoms with Crippen LogP contribution in [0.5, 0.6) is 0 Å². The number of aliphatic hydroxyl groups is 1. The number of pyridine rings is 1. The molecule has 1 amide bonds. The fraction of sp³-hybridized carbons (Fsp3) is 0.455. The van der Waals surface area contributed by atoms with Crippen LogP contribution in [0.3, 0.4) is 0 Å². The van der Waals surface area contributed by atoms with Crippen LogP contribution in [-0.4, -0.2) is 53.5 Å². The van der Waals surface area contributed by atoms with Crippen LogP contribution >= 0.6 is 11.3 Å². The molecule has 0 aromatic carbocycles. The zero-order valence-electron chi connectivity index (χ0n) is 18.3. The highest BCUT2D eigenvalue weighted by atomic mass is 32.1. The van der Waals surface area contributed by atoms with Crippen molar-refractivity contribution in [1.29, 1.82) is 0 Å². The Morgan fingerprint density at radius 1 is 1.36 bits per heavy atom. The highest BCUT2D eigenvalue weighted by Gasteiger charge is 2.37. The molecule has 1 aliphatic heterocycles. The first-order valence-electron chi connectivity index (χ1n) is 10.8. The molecule has 2 aromatic rings. The third kappa shape index (κ3) is 6.73. The maximum Gasteiger partial charge on any atom is 0.287 e. The topological polar surface area (TPSA) is 136 Å². The van der Waals surface area contributed by atoms with E-state index in [-0.39, 0.29) is 35.8 Å². The Morgan fingerprint density at radius 2 is 2.21 bits per heavy atom. The van der Waals surface area contributed by atoms with E-state index in [4.69, 9.17) is 9.47 Å². The van der Waals surface area contributed by atoms with Gasteiger partial charge in [-0.2, -0.15) is 11.3 Å². The molecule has 3 atom stereocenters. The van der Waals surface area contributed by atoms with Gasteiger partial charge in [-0.05, 0) is 54.3 Å². The van der Waals surface area contributed by atoms with E-state index in [9.17, 15) is 20.0 Å². The van der Waals surface area contributed by atoms with Gasteiger partial charge in [-0.25, -0.2) is 4.98 Å². The van der Waals surface area contributed by atoms with E-state index < -0.39 is 11.2 Å². The Labute approximate surface area is 195 Å². The van der Waals surface area contributed by atoms with Crippen molar-refractivity contribution in [1.82, 2.24) is 10.3 Å². The number of aliphatic hydroxyl groups excluding tert-OH is 1. The van der Waals surface area contributed by atoms with Gasteiger partial charge in [0, 0.05) is 44.2 Å². The van der Waals surface area contributed by atoms with Crippen molar-refractivity contribution in [2.45, 2.75) is 32.0 Å². The van der Waals surface area contributed by atoms with Crippen LogP contribution in [0.15, 0.2) is 47.0 Å². The highest BCUT2D eigenvalue weighted by Crippen LogP contribution is 2.40. The summed E-state index contributed by atoms with van der Waals surface area (Å²) in [7, 11) is 0. The van der Waals surface area contributed by atoms with Gasteiger partial charge in [0.1, 0.15) is 12.0 Å². The molecule has 11 heteroatoms. The lowest BCUT2D eigenvalue weighted by Gasteiger charge is -2.36. The number of thiophene rings is 1. The Hall–Kier alpha value is -3.02. The van der Waals surface area contributed by atoms with Gasteiger partial charge in [0.05, 0.1) is 4.92 Å².